The van der Waals surface area contributed by atoms with Crippen LogP contribution in [0.15, 0.2) is 0 Å². The minimum absolute atomic E-state index is 0.0745. The fourth-order valence-electron chi connectivity index (χ4n) is 1.57. The number of aliphatic hydroxyl groups is 1. The van der Waals surface area contributed by atoms with E-state index in [2.05, 4.69) is 6.92 Å². The molecular formula is C9H16O2S. The molecule has 0 aromatic carbocycles. The molecule has 1 saturated carbocycles. The van der Waals surface area contributed by atoms with E-state index in [-0.39, 0.29) is 11.7 Å². The summed E-state index contributed by atoms with van der Waals surface area (Å²) in [6.07, 6.45) is 4.74. The summed E-state index contributed by atoms with van der Waals surface area (Å²) in [6.45, 7) is 1.95. The molecule has 0 amide bonds. The minimum Gasteiger partial charge on any atom is -0.388 e. The lowest BCUT2D eigenvalue weighted by atomic mass is 9.91. The summed E-state index contributed by atoms with van der Waals surface area (Å²) in [5, 5.41) is 8.95. The van der Waals surface area contributed by atoms with E-state index in [1.165, 1.54) is 24.6 Å². The Hall–Kier alpha value is -0.0200. The maximum Gasteiger partial charge on any atom is 0.214 e. The van der Waals surface area contributed by atoms with Crippen LogP contribution in [0.25, 0.3) is 0 Å². The molecule has 0 bridgehead atoms. The molecule has 12 heavy (non-hydrogen) atoms. The molecule has 1 fully saturated rings. The van der Waals surface area contributed by atoms with E-state index in [0.717, 1.165) is 18.8 Å². The number of aliphatic hydroxyl groups excluding tert-OH is 1. The molecule has 0 atom stereocenters. The Kier molecular flexibility index (Phi) is 4.09. The summed E-state index contributed by atoms with van der Waals surface area (Å²) in [6, 6.07) is 0. The number of hydrogen-bond acceptors (Lipinski definition) is 3. The maximum atomic E-state index is 10.9. The van der Waals surface area contributed by atoms with Gasteiger partial charge in [0.2, 0.25) is 5.12 Å². The number of rotatable bonds is 2. The largest absolute Gasteiger partial charge is 0.388 e. The summed E-state index contributed by atoms with van der Waals surface area (Å²) in [7, 11) is 0. The van der Waals surface area contributed by atoms with Crippen LogP contribution in [-0.4, -0.2) is 22.1 Å². The first-order valence-electron chi connectivity index (χ1n) is 4.52. The molecule has 0 heterocycles. The van der Waals surface area contributed by atoms with Crippen molar-refractivity contribution >= 4 is 16.9 Å². The van der Waals surface area contributed by atoms with Crippen LogP contribution in [0.4, 0.5) is 0 Å². The predicted molar refractivity (Wildman–Crippen MR) is 51.1 cm³/mol. The van der Waals surface area contributed by atoms with Crippen LogP contribution in [0.5, 0.6) is 0 Å². The zero-order valence-electron chi connectivity index (χ0n) is 7.45. The lowest BCUT2D eigenvalue weighted by Gasteiger charge is -2.24. The fourth-order valence-corrected chi connectivity index (χ4v) is 2.52. The molecule has 2 nitrogen and oxygen atoms in total. The van der Waals surface area contributed by atoms with Gasteiger partial charge in [-0.1, -0.05) is 18.7 Å². The Balaban J connectivity index is 2.21. The van der Waals surface area contributed by atoms with Crippen molar-refractivity contribution in [1.29, 1.82) is 0 Å². The van der Waals surface area contributed by atoms with Gasteiger partial charge in [0.05, 0.1) is 0 Å². The van der Waals surface area contributed by atoms with E-state index in [1.807, 2.05) is 0 Å². The first-order chi connectivity index (χ1) is 5.72. The molecule has 0 aromatic heterocycles. The van der Waals surface area contributed by atoms with Crippen molar-refractivity contribution in [1.82, 2.24) is 0 Å². The zero-order valence-corrected chi connectivity index (χ0v) is 8.27. The highest BCUT2D eigenvalue weighted by atomic mass is 32.2. The van der Waals surface area contributed by atoms with Gasteiger partial charge in [0.25, 0.3) is 0 Å². The van der Waals surface area contributed by atoms with Crippen molar-refractivity contribution in [3.63, 3.8) is 0 Å². The quantitative estimate of drug-likeness (QED) is 0.718. The van der Waals surface area contributed by atoms with Gasteiger partial charge in [-0.2, -0.15) is 0 Å². The lowest BCUT2D eigenvalue weighted by Crippen LogP contribution is -2.16. The van der Waals surface area contributed by atoms with E-state index in [0.29, 0.717) is 5.25 Å². The monoisotopic (exact) mass is 188 g/mol. The van der Waals surface area contributed by atoms with Crippen LogP contribution in [0.2, 0.25) is 0 Å². The first-order valence-corrected chi connectivity index (χ1v) is 5.40. The third kappa shape index (κ3) is 3.15. The molecule has 3 heteroatoms. The highest BCUT2D eigenvalue weighted by Gasteiger charge is 2.20. The molecule has 1 aliphatic carbocycles. The number of thioether (sulfide) groups is 1. The summed E-state index contributed by atoms with van der Waals surface area (Å²) in [5.41, 5.74) is 0. The van der Waals surface area contributed by atoms with E-state index in [1.54, 1.807) is 0 Å². The van der Waals surface area contributed by atoms with Crippen molar-refractivity contribution in [2.45, 2.75) is 37.9 Å². The van der Waals surface area contributed by atoms with Crippen molar-refractivity contribution in [3.05, 3.63) is 0 Å². The standard InChI is InChI=1S/C9H16O2S/c1-7-2-4-8(5-3-7)12-9(11)6-10/h7-8,10H,2-6H2,1H3. The van der Waals surface area contributed by atoms with Crippen molar-refractivity contribution in [2.24, 2.45) is 5.92 Å². The molecule has 70 valence electrons. The van der Waals surface area contributed by atoms with Crippen molar-refractivity contribution in [2.75, 3.05) is 6.61 Å². The van der Waals surface area contributed by atoms with Crippen LogP contribution < -0.4 is 0 Å². The highest BCUT2D eigenvalue weighted by molar-refractivity contribution is 8.14. The summed E-state index contributed by atoms with van der Waals surface area (Å²) in [4.78, 5) is 10.9. The summed E-state index contributed by atoms with van der Waals surface area (Å²) >= 11 is 1.33. The molecule has 1 aliphatic rings. The zero-order chi connectivity index (χ0) is 8.97. The third-order valence-electron chi connectivity index (χ3n) is 2.39. The average Bonchev–Trinajstić information content (AvgIpc) is 2.09. The van der Waals surface area contributed by atoms with E-state index >= 15 is 0 Å². The Bertz CT molecular complexity index is 151. The van der Waals surface area contributed by atoms with Crippen LogP contribution in [0.3, 0.4) is 0 Å². The van der Waals surface area contributed by atoms with E-state index in [4.69, 9.17) is 5.11 Å². The van der Waals surface area contributed by atoms with Gasteiger partial charge in [-0.3, -0.25) is 4.79 Å². The Labute approximate surface area is 77.7 Å². The van der Waals surface area contributed by atoms with Gasteiger partial charge in [0, 0.05) is 5.25 Å². The molecule has 0 spiro atoms. The van der Waals surface area contributed by atoms with Gasteiger partial charge in [-0.25, -0.2) is 0 Å². The van der Waals surface area contributed by atoms with E-state index < -0.39 is 0 Å². The number of carbonyl (C=O) groups excluding carboxylic acids is 1. The molecule has 1 rings (SSSR count). The van der Waals surface area contributed by atoms with Gasteiger partial charge in [0.1, 0.15) is 6.61 Å². The van der Waals surface area contributed by atoms with Gasteiger partial charge >= 0.3 is 0 Å². The van der Waals surface area contributed by atoms with Crippen LogP contribution in [0, 0.1) is 5.92 Å². The Morgan fingerprint density at radius 1 is 1.42 bits per heavy atom. The van der Waals surface area contributed by atoms with Gasteiger partial charge < -0.3 is 5.11 Å². The predicted octanol–water partition coefficient (Wildman–Crippen LogP) is 1.82. The molecule has 0 saturated heterocycles. The average molecular weight is 188 g/mol. The van der Waals surface area contributed by atoms with E-state index in [9.17, 15) is 4.79 Å². The number of hydrogen-bond donors (Lipinski definition) is 1. The fraction of sp³-hybridized carbons (Fsp3) is 0.889. The van der Waals surface area contributed by atoms with Crippen LogP contribution in [-0.2, 0) is 4.79 Å². The second kappa shape index (κ2) is 4.87. The molecule has 0 radical (unpaired) electrons. The maximum absolute atomic E-state index is 10.9. The SMILES string of the molecule is CC1CCC(SC(=O)CO)CC1. The van der Waals surface area contributed by atoms with Crippen molar-refractivity contribution in [3.8, 4) is 0 Å². The molecular weight excluding hydrogens is 172 g/mol. The smallest absolute Gasteiger partial charge is 0.214 e. The van der Waals surface area contributed by atoms with Gasteiger partial charge in [-0.15, -0.1) is 0 Å². The Morgan fingerprint density at radius 2 is 2.00 bits per heavy atom. The molecule has 1 N–H and O–H groups in total. The van der Waals surface area contributed by atoms with Gasteiger partial charge in [-0.05, 0) is 31.6 Å². The highest BCUT2D eigenvalue weighted by Crippen LogP contribution is 2.31. The van der Waals surface area contributed by atoms with Gasteiger partial charge in [0.15, 0.2) is 0 Å². The minimum atomic E-state index is -0.309. The summed E-state index contributed by atoms with van der Waals surface area (Å²) in [5.74, 6) is 0.825. The first kappa shape index (κ1) is 10.1. The molecule has 0 aromatic rings. The van der Waals surface area contributed by atoms with Crippen molar-refractivity contribution < 1.29 is 9.90 Å². The normalized spacial score (nSPS) is 30.2. The lowest BCUT2D eigenvalue weighted by molar-refractivity contribution is -0.113. The number of carbonyl (C=O) groups is 1. The second-order valence-corrected chi connectivity index (χ2v) is 4.89. The Morgan fingerprint density at radius 3 is 2.50 bits per heavy atom. The third-order valence-corrected chi connectivity index (χ3v) is 3.59. The second-order valence-electron chi connectivity index (χ2n) is 3.53. The molecule has 0 unspecified atom stereocenters. The van der Waals surface area contributed by atoms with Crippen LogP contribution in [0.1, 0.15) is 32.6 Å². The topological polar surface area (TPSA) is 37.3 Å². The summed E-state index contributed by atoms with van der Waals surface area (Å²) < 4.78 is 0. The molecule has 0 aliphatic heterocycles. The van der Waals surface area contributed by atoms with Crippen LogP contribution >= 0.6 is 11.8 Å².